The van der Waals surface area contributed by atoms with E-state index in [9.17, 15) is 0 Å². The monoisotopic (exact) mass is 244 g/mol. The first-order valence-electron chi connectivity index (χ1n) is 7.36. The lowest BCUT2D eigenvalue weighted by atomic mass is 9.67. The third-order valence-corrected chi connectivity index (χ3v) is 4.99. The van der Waals surface area contributed by atoms with Crippen molar-refractivity contribution in [3.8, 4) is 0 Å². The van der Waals surface area contributed by atoms with Crippen molar-refractivity contribution in [2.75, 3.05) is 25.0 Å². The van der Waals surface area contributed by atoms with Gasteiger partial charge in [-0.15, -0.1) is 0 Å². The molecule has 1 saturated carbocycles. The average Bonchev–Trinajstić information content (AvgIpc) is 2.76. The molecular weight excluding hydrogens is 220 g/mol. The third-order valence-electron chi connectivity index (χ3n) is 4.99. The molecule has 0 saturated heterocycles. The molecule has 1 fully saturated rings. The number of hydrogen-bond acceptors (Lipinski definition) is 2. The van der Waals surface area contributed by atoms with Gasteiger partial charge in [0.15, 0.2) is 0 Å². The Kier molecular flexibility index (Phi) is 3.29. The van der Waals surface area contributed by atoms with Crippen molar-refractivity contribution in [3.05, 3.63) is 29.8 Å². The van der Waals surface area contributed by atoms with Gasteiger partial charge in [0.1, 0.15) is 0 Å². The molecule has 1 heterocycles. The molecule has 0 aromatic heterocycles. The van der Waals surface area contributed by atoms with Gasteiger partial charge in [-0.3, -0.25) is 0 Å². The molecule has 1 aromatic rings. The van der Waals surface area contributed by atoms with Gasteiger partial charge < -0.3 is 10.6 Å². The van der Waals surface area contributed by atoms with Gasteiger partial charge in [0, 0.05) is 31.2 Å². The van der Waals surface area contributed by atoms with Crippen LogP contribution in [-0.2, 0) is 0 Å². The first-order valence-corrected chi connectivity index (χ1v) is 7.36. The molecule has 2 heteroatoms. The number of benzene rings is 1. The molecule has 0 amide bonds. The zero-order chi connectivity index (χ0) is 12.4. The largest absolute Gasteiger partial charge is 0.384 e. The lowest BCUT2D eigenvalue weighted by Crippen LogP contribution is -2.40. The standard InChI is InChI=1S/C16H24N2/c1-2-16(8-5-9-16)12-17-10-13-11-18-15-7-4-3-6-14(13)15/h3-4,6-7,13,17-18H,2,5,8-12H2,1H3. The Morgan fingerprint density at radius 2 is 2.17 bits per heavy atom. The summed E-state index contributed by atoms with van der Waals surface area (Å²) in [4.78, 5) is 0. The molecule has 2 aliphatic rings. The number of anilines is 1. The van der Waals surface area contributed by atoms with Crippen LogP contribution in [0.3, 0.4) is 0 Å². The summed E-state index contributed by atoms with van der Waals surface area (Å²) in [5, 5.41) is 7.22. The third kappa shape index (κ3) is 2.14. The van der Waals surface area contributed by atoms with Crippen LogP contribution in [0, 0.1) is 5.41 Å². The normalized spacial score (nSPS) is 24.2. The molecule has 0 bridgehead atoms. The Hall–Kier alpha value is -1.02. The van der Waals surface area contributed by atoms with E-state index in [-0.39, 0.29) is 0 Å². The highest BCUT2D eigenvalue weighted by Gasteiger charge is 2.34. The zero-order valence-electron chi connectivity index (χ0n) is 11.3. The maximum absolute atomic E-state index is 3.72. The predicted octanol–water partition coefficient (Wildman–Crippen LogP) is 3.37. The fourth-order valence-corrected chi connectivity index (χ4v) is 3.38. The van der Waals surface area contributed by atoms with E-state index in [2.05, 4.69) is 41.8 Å². The summed E-state index contributed by atoms with van der Waals surface area (Å²) in [6.45, 7) is 5.76. The maximum atomic E-state index is 3.72. The molecule has 3 rings (SSSR count). The van der Waals surface area contributed by atoms with Gasteiger partial charge >= 0.3 is 0 Å². The minimum absolute atomic E-state index is 0.631. The number of nitrogens with one attached hydrogen (secondary N) is 2. The minimum Gasteiger partial charge on any atom is -0.384 e. The van der Waals surface area contributed by atoms with Gasteiger partial charge in [0.25, 0.3) is 0 Å². The SMILES string of the molecule is CCC1(CNCC2CNc3ccccc32)CCC1. The van der Waals surface area contributed by atoms with Gasteiger partial charge in [-0.2, -0.15) is 0 Å². The Morgan fingerprint density at radius 3 is 2.89 bits per heavy atom. The molecule has 2 nitrogen and oxygen atoms in total. The number of hydrogen-bond donors (Lipinski definition) is 2. The second-order valence-corrected chi connectivity index (χ2v) is 6.00. The molecule has 1 unspecified atom stereocenters. The van der Waals surface area contributed by atoms with E-state index in [1.54, 1.807) is 0 Å². The molecule has 0 radical (unpaired) electrons. The van der Waals surface area contributed by atoms with Crippen LogP contribution in [0.2, 0.25) is 0 Å². The van der Waals surface area contributed by atoms with E-state index in [1.165, 1.54) is 43.5 Å². The van der Waals surface area contributed by atoms with Gasteiger partial charge in [-0.1, -0.05) is 31.5 Å². The highest BCUT2D eigenvalue weighted by molar-refractivity contribution is 5.57. The average molecular weight is 244 g/mol. The van der Waals surface area contributed by atoms with Crippen molar-refractivity contribution in [2.24, 2.45) is 5.41 Å². The van der Waals surface area contributed by atoms with Gasteiger partial charge in [0.2, 0.25) is 0 Å². The summed E-state index contributed by atoms with van der Waals surface area (Å²) in [6.07, 6.45) is 5.62. The Bertz CT molecular complexity index is 404. The predicted molar refractivity (Wildman–Crippen MR) is 77.1 cm³/mol. The lowest BCUT2D eigenvalue weighted by Gasteiger charge is -2.41. The van der Waals surface area contributed by atoms with E-state index < -0.39 is 0 Å². The Morgan fingerprint density at radius 1 is 1.33 bits per heavy atom. The van der Waals surface area contributed by atoms with Crippen LogP contribution in [0.4, 0.5) is 5.69 Å². The second kappa shape index (κ2) is 4.93. The minimum atomic E-state index is 0.631. The van der Waals surface area contributed by atoms with Crippen molar-refractivity contribution in [3.63, 3.8) is 0 Å². The molecule has 1 aliphatic heterocycles. The van der Waals surface area contributed by atoms with E-state index in [0.29, 0.717) is 11.3 Å². The van der Waals surface area contributed by atoms with Gasteiger partial charge in [0.05, 0.1) is 0 Å². The van der Waals surface area contributed by atoms with Crippen LogP contribution in [0.5, 0.6) is 0 Å². The smallest absolute Gasteiger partial charge is 0.0376 e. The topological polar surface area (TPSA) is 24.1 Å². The number of fused-ring (bicyclic) bond motifs is 1. The van der Waals surface area contributed by atoms with Crippen LogP contribution in [-0.4, -0.2) is 19.6 Å². The highest BCUT2D eigenvalue weighted by Crippen LogP contribution is 2.43. The van der Waals surface area contributed by atoms with E-state index >= 15 is 0 Å². The van der Waals surface area contributed by atoms with E-state index in [0.717, 1.165) is 13.1 Å². The maximum Gasteiger partial charge on any atom is 0.0376 e. The van der Waals surface area contributed by atoms with Gasteiger partial charge in [-0.05, 0) is 36.3 Å². The van der Waals surface area contributed by atoms with Crippen molar-refractivity contribution in [2.45, 2.75) is 38.5 Å². The molecule has 1 atom stereocenters. The second-order valence-electron chi connectivity index (χ2n) is 6.00. The quantitative estimate of drug-likeness (QED) is 0.830. The van der Waals surface area contributed by atoms with Crippen molar-refractivity contribution in [1.82, 2.24) is 5.32 Å². The fourth-order valence-electron chi connectivity index (χ4n) is 3.38. The first kappa shape index (κ1) is 12.0. The fraction of sp³-hybridized carbons (Fsp3) is 0.625. The van der Waals surface area contributed by atoms with Crippen LogP contribution in [0.25, 0.3) is 0 Å². The van der Waals surface area contributed by atoms with Crippen LogP contribution >= 0.6 is 0 Å². The van der Waals surface area contributed by atoms with Crippen LogP contribution in [0.15, 0.2) is 24.3 Å². The summed E-state index contributed by atoms with van der Waals surface area (Å²) < 4.78 is 0. The first-order chi connectivity index (χ1) is 8.83. The molecular formula is C16H24N2. The Labute approximate surface area is 110 Å². The number of para-hydroxylation sites is 1. The molecule has 1 aromatic carbocycles. The van der Waals surface area contributed by atoms with Gasteiger partial charge in [-0.25, -0.2) is 0 Å². The van der Waals surface area contributed by atoms with Crippen molar-refractivity contribution in [1.29, 1.82) is 0 Å². The molecule has 1 aliphatic carbocycles. The zero-order valence-corrected chi connectivity index (χ0v) is 11.3. The summed E-state index contributed by atoms with van der Waals surface area (Å²) in [5.41, 5.74) is 3.45. The number of rotatable bonds is 5. The van der Waals surface area contributed by atoms with Crippen molar-refractivity contribution < 1.29 is 0 Å². The highest BCUT2D eigenvalue weighted by atomic mass is 15.0. The van der Waals surface area contributed by atoms with Crippen molar-refractivity contribution >= 4 is 5.69 Å². The molecule has 0 spiro atoms. The van der Waals surface area contributed by atoms with Crippen LogP contribution in [0.1, 0.15) is 44.1 Å². The summed E-state index contributed by atoms with van der Waals surface area (Å²) in [5.74, 6) is 0.648. The summed E-state index contributed by atoms with van der Waals surface area (Å²) >= 11 is 0. The molecule has 98 valence electrons. The van der Waals surface area contributed by atoms with Crippen LogP contribution < -0.4 is 10.6 Å². The Balaban J connectivity index is 1.53. The van der Waals surface area contributed by atoms with E-state index in [1.807, 2.05) is 0 Å². The van der Waals surface area contributed by atoms with E-state index in [4.69, 9.17) is 0 Å². The lowest BCUT2D eigenvalue weighted by molar-refractivity contribution is 0.124. The summed E-state index contributed by atoms with van der Waals surface area (Å²) in [6, 6.07) is 8.72. The molecule has 18 heavy (non-hydrogen) atoms. The summed E-state index contributed by atoms with van der Waals surface area (Å²) in [7, 11) is 0. The molecule has 2 N–H and O–H groups in total.